The Morgan fingerprint density at radius 3 is 2.50 bits per heavy atom. The maximum absolute atomic E-state index is 10.8. The van der Waals surface area contributed by atoms with Gasteiger partial charge >= 0.3 is 0 Å². The molecule has 2 aliphatic rings. The monoisotopic (exact) mass is 227 g/mol. The molecule has 0 aromatic heterocycles. The van der Waals surface area contributed by atoms with Crippen LogP contribution in [-0.2, 0) is 0 Å². The predicted molar refractivity (Wildman–Crippen MR) is 65.3 cm³/mol. The largest absolute Gasteiger partial charge is 0.376 e. The molecule has 0 aromatic carbocycles. The predicted octanol–water partition coefficient (Wildman–Crippen LogP) is -0.0102. The summed E-state index contributed by atoms with van der Waals surface area (Å²) in [5.41, 5.74) is -0.617. The van der Waals surface area contributed by atoms with E-state index in [9.17, 15) is 5.11 Å². The van der Waals surface area contributed by atoms with Crippen molar-refractivity contribution in [1.29, 1.82) is 0 Å². The molecule has 2 rings (SSSR count). The highest BCUT2D eigenvalue weighted by atomic mass is 16.3. The normalized spacial score (nSPS) is 33.0. The van der Waals surface area contributed by atoms with Crippen LogP contribution in [0.3, 0.4) is 0 Å². The van der Waals surface area contributed by atoms with Crippen molar-refractivity contribution < 1.29 is 5.11 Å². The highest BCUT2D eigenvalue weighted by Gasteiger charge is 2.37. The van der Waals surface area contributed by atoms with Crippen molar-refractivity contribution >= 4 is 0 Å². The van der Waals surface area contributed by atoms with Crippen LogP contribution in [0.15, 0.2) is 0 Å². The van der Waals surface area contributed by atoms with Crippen molar-refractivity contribution in [2.75, 3.05) is 39.3 Å². The Morgan fingerprint density at radius 1 is 1.06 bits per heavy atom. The van der Waals surface area contributed by atoms with E-state index in [1.165, 1.54) is 6.42 Å². The first-order valence-corrected chi connectivity index (χ1v) is 6.60. The molecule has 2 fully saturated rings. The van der Waals surface area contributed by atoms with Gasteiger partial charge in [0, 0.05) is 32.1 Å². The van der Waals surface area contributed by atoms with Crippen molar-refractivity contribution in [3.05, 3.63) is 0 Å². The molecule has 2 unspecified atom stereocenters. The number of piperazine rings is 1. The van der Waals surface area contributed by atoms with Crippen LogP contribution >= 0.6 is 0 Å². The minimum absolute atomic E-state index is 0.417. The second kappa shape index (κ2) is 5.45. The lowest BCUT2D eigenvalue weighted by molar-refractivity contribution is -0.142. The number of rotatable bonds is 2. The van der Waals surface area contributed by atoms with Crippen LogP contribution in [0.1, 0.15) is 26.2 Å². The van der Waals surface area contributed by atoms with E-state index in [1.807, 2.05) is 6.92 Å². The molecule has 0 bridgehead atoms. The minimum atomic E-state index is -0.617. The van der Waals surface area contributed by atoms with Crippen LogP contribution in [0, 0.1) is 5.92 Å². The summed E-state index contributed by atoms with van der Waals surface area (Å²) in [4.78, 5) is 2.25. The quantitative estimate of drug-likeness (QED) is 0.621. The number of hydrogen-bond donors (Lipinski definition) is 3. The Kier molecular flexibility index (Phi) is 4.19. The summed E-state index contributed by atoms with van der Waals surface area (Å²) < 4.78 is 0. The summed E-state index contributed by atoms with van der Waals surface area (Å²) in [6.45, 7) is 8.10. The smallest absolute Gasteiger partial charge is 0.118 e. The molecule has 4 nitrogen and oxygen atoms in total. The van der Waals surface area contributed by atoms with Crippen molar-refractivity contribution in [3.63, 3.8) is 0 Å². The number of nitrogens with one attached hydrogen (secondary N) is 2. The van der Waals surface area contributed by atoms with Crippen LogP contribution in [-0.4, -0.2) is 55.0 Å². The molecule has 94 valence electrons. The molecule has 2 aliphatic heterocycles. The SMILES string of the molecule is CC(O)(C1CCCNCC1)N1CCNCC1. The molecule has 2 heterocycles. The average molecular weight is 227 g/mol. The molecule has 0 amide bonds. The van der Waals surface area contributed by atoms with Gasteiger partial charge in [-0.1, -0.05) is 0 Å². The Labute approximate surface area is 98.4 Å². The van der Waals surface area contributed by atoms with Gasteiger partial charge in [-0.05, 0) is 39.3 Å². The molecule has 0 aromatic rings. The Balaban J connectivity index is 1.97. The number of nitrogens with zero attached hydrogens (tertiary/aromatic N) is 1. The van der Waals surface area contributed by atoms with Crippen molar-refractivity contribution in [1.82, 2.24) is 15.5 Å². The fourth-order valence-corrected chi connectivity index (χ4v) is 2.94. The highest BCUT2D eigenvalue weighted by Crippen LogP contribution is 2.29. The third kappa shape index (κ3) is 2.74. The third-order valence-corrected chi connectivity index (χ3v) is 4.11. The summed E-state index contributed by atoms with van der Waals surface area (Å²) in [5, 5.41) is 17.5. The van der Waals surface area contributed by atoms with Crippen LogP contribution in [0.25, 0.3) is 0 Å². The Morgan fingerprint density at radius 2 is 1.75 bits per heavy atom. The van der Waals surface area contributed by atoms with Crippen LogP contribution < -0.4 is 10.6 Å². The molecular weight excluding hydrogens is 202 g/mol. The summed E-state index contributed by atoms with van der Waals surface area (Å²) >= 11 is 0. The summed E-state index contributed by atoms with van der Waals surface area (Å²) in [6, 6.07) is 0. The first-order valence-electron chi connectivity index (χ1n) is 6.60. The number of hydrogen-bond acceptors (Lipinski definition) is 4. The second-order valence-corrected chi connectivity index (χ2v) is 5.21. The first-order chi connectivity index (χ1) is 7.71. The third-order valence-electron chi connectivity index (χ3n) is 4.11. The van der Waals surface area contributed by atoms with E-state index in [4.69, 9.17) is 0 Å². The van der Waals surface area contributed by atoms with E-state index in [0.717, 1.165) is 52.1 Å². The van der Waals surface area contributed by atoms with Gasteiger partial charge in [0.2, 0.25) is 0 Å². The van der Waals surface area contributed by atoms with E-state index in [0.29, 0.717) is 5.92 Å². The van der Waals surface area contributed by atoms with Gasteiger partial charge < -0.3 is 15.7 Å². The van der Waals surface area contributed by atoms with Gasteiger partial charge in [-0.25, -0.2) is 0 Å². The summed E-state index contributed by atoms with van der Waals surface area (Å²) in [6.07, 6.45) is 3.42. The van der Waals surface area contributed by atoms with Crippen molar-refractivity contribution in [2.24, 2.45) is 5.92 Å². The van der Waals surface area contributed by atoms with E-state index in [1.54, 1.807) is 0 Å². The van der Waals surface area contributed by atoms with Gasteiger partial charge in [-0.3, -0.25) is 4.90 Å². The number of aliphatic hydroxyl groups is 1. The molecule has 0 saturated carbocycles. The molecular formula is C12H25N3O. The van der Waals surface area contributed by atoms with Crippen LogP contribution in [0.4, 0.5) is 0 Å². The molecule has 0 radical (unpaired) electrons. The second-order valence-electron chi connectivity index (χ2n) is 5.21. The lowest BCUT2D eigenvalue weighted by Crippen LogP contribution is -2.58. The fraction of sp³-hybridized carbons (Fsp3) is 1.00. The van der Waals surface area contributed by atoms with Gasteiger partial charge in [0.05, 0.1) is 0 Å². The standard InChI is InChI=1S/C12H25N3O/c1-12(16,15-9-7-14-8-10-15)11-3-2-5-13-6-4-11/h11,13-14,16H,2-10H2,1H3. The van der Waals surface area contributed by atoms with Crippen molar-refractivity contribution in [2.45, 2.75) is 31.9 Å². The molecule has 3 N–H and O–H groups in total. The lowest BCUT2D eigenvalue weighted by atomic mass is 9.88. The van der Waals surface area contributed by atoms with Gasteiger partial charge in [0.25, 0.3) is 0 Å². The Bertz CT molecular complexity index is 206. The van der Waals surface area contributed by atoms with Gasteiger partial charge in [0.15, 0.2) is 0 Å². The maximum atomic E-state index is 10.8. The van der Waals surface area contributed by atoms with E-state index in [2.05, 4.69) is 15.5 Å². The van der Waals surface area contributed by atoms with Crippen LogP contribution in [0.2, 0.25) is 0 Å². The molecule has 2 saturated heterocycles. The van der Waals surface area contributed by atoms with Crippen LogP contribution in [0.5, 0.6) is 0 Å². The molecule has 16 heavy (non-hydrogen) atoms. The highest BCUT2D eigenvalue weighted by molar-refractivity contribution is 4.87. The zero-order chi connectivity index (χ0) is 11.4. The van der Waals surface area contributed by atoms with Gasteiger partial charge in [-0.15, -0.1) is 0 Å². The van der Waals surface area contributed by atoms with E-state index < -0.39 is 5.72 Å². The molecule has 4 heteroatoms. The topological polar surface area (TPSA) is 47.5 Å². The van der Waals surface area contributed by atoms with E-state index in [-0.39, 0.29) is 0 Å². The van der Waals surface area contributed by atoms with Crippen molar-refractivity contribution in [3.8, 4) is 0 Å². The van der Waals surface area contributed by atoms with Gasteiger partial charge in [-0.2, -0.15) is 0 Å². The summed E-state index contributed by atoms with van der Waals surface area (Å²) in [7, 11) is 0. The lowest BCUT2D eigenvalue weighted by Gasteiger charge is -2.44. The maximum Gasteiger partial charge on any atom is 0.118 e. The zero-order valence-corrected chi connectivity index (χ0v) is 10.3. The van der Waals surface area contributed by atoms with E-state index >= 15 is 0 Å². The Hall–Kier alpha value is -0.160. The minimum Gasteiger partial charge on any atom is -0.376 e. The molecule has 0 spiro atoms. The summed E-state index contributed by atoms with van der Waals surface area (Å²) in [5.74, 6) is 0.417. The zero-order valence-electron chi connectivity index (χ0n) is 10.3. The molecule has 2 atom stereocenters. The first kappa shape index (κ1) is 12.3. The fourth-order valence-electron chi connectivity index (χ4n) is 2.94. The van der Waals surface area contributed by atoms with Gasteiger partial charge in [0.1, 0.15) is 5.72 Å². The molecule has 0 aliphatic carbocycles. The average Bonchev–Trinajstić information content (AvgIpc) is 2.59.